The Kier molecular flexibility index (Phi) is 3.99. The summed E-state index contributed by atoms with van der Waals surface area (Å²) in [5.74, 6) is 0. The molecular formula is C13H17N. The van der Waals surface area contributed by atoms with Crippen LogP contribution in [0.2, 0.25) is 0 Å². The number of benzene rings is 1. The van der Waals surface area contributed by atoms with Gasteiger partial charge in [0.2, 0.25) is 0 Å². The maximum Gasteiger partial charge on any atom is 0.0381 e. The predicted molar refractivity (Wildman–Crippen MR) is 63.4 cm³/mol. The lowest BCUT2D eigenvalue weighted by molar-refractivity contribution is 1.22. The molecule has 0 aliphatic rings. The van der Waals surface area contributed by atoms with E-state index in [1.807, 2.05) is 13.0 Å². The molecule has 0 unspecified atom stereocenters. The topological polar surface area (TPSA) is 12.0 Å². The Hall–Kier alpha value is -1.50. The second-order valence-corrected chi connectivity index (χ2v) is 3.37. The van der Waals surface area contributed by atoms with E-state index >= 15 is 0 Å². The van der Waals surface area contributed by atoms with Gasteiger partial charge < -0.3 is 5.32 Å². The second kappa shape index (κ2) is 5.28. The fourth-order valence-corrected chi connectivity index (χ4v) is 1.15. The normalized spacial score (nSPS) is 10.4. The van der Waals surface area contributed by atoms with Crippen molar-refractivity contribution >= 4 is 5.69 Å². The first-order chi connectivity index (χ1) is 6.72. The summed E-state index contributed by atoms with van der Waals surface area (Å²) in [7, 11) is 0. The molecule has 0 fully saturated rings. The largest absolute Gasteiger partial charge is 0.359 e. The van der Waals surface area contributed by atoms with Crippen LogP contribution in [0.25, 0.3) is 0 Å². The van der Waals surface area contributed by atoms with Crippen molar-refractivity contribution in [1.29, 1.82) is 0 Å². The summed E-state index contributed by atoms with van der Waals surface area (Å²) in [5, 5.41) is 3.26. The highest BCUT2D eigenvalue weighted by Crippen LogP contribution is 2.12. The zero-order chi connectivity index (χ0) is 10.4. The Morgan fingerprint density at radius 1 is 1.36 bits per heavy atom. The SMILES string of the molecule is C=C(C/C=C\C)Nc1ccc(C)cc1. The lowest BCUT2D eigenvalue weighted by Gasteiger charge is -2.07. The minimum absolute atomic E-state index is 0.879. The zero-order valence-electron chi connectivity index (χ0n) is 8.88. The molecule has 0 bridgehead atoms. The average Bonchev–Trinajstić information content (AvgIpc) is 2.18. The molecule has 0 aromatic heterocycles. The first-order valence-electron chi connectivity index (χ1n) is 4.85. The van der Waals surface area contributed by atoms with Crippen LogP contribution in [0.4, 0.5) is 5.69 Å². The Bertz CT molecular complexity index is 320. The van der Waals surface area contributed by atoms with E-state index in [9.17, 15) is 0 Å². The van der Waals surface area contributed by atoms with Crippen molar-refractivity contribution in [3.63, 3.8) is 0 Å². The van der Waals surface area contributed by atoms with Gasteiger partial charge in [-0.05, 0) is 26.0 Å². The van der Waals surface area contributed by atoms with Crippen LogP contribution in [0.3, 0.4) is 0 Å². The van der Waals surface area contributed by atoms with Gasteiger partial charge in [-0.25, -0.2) is 0 Å². The van der Waals surface area contributed by atoms with Crippen LogP contribution in [-0.2, 0) is 0 Å². The molecule has 0 amide bonds. The summed E-state index contributed by atoms with van der Waals surface area (Å²) >= 11 is 0. The lowest BCUT2D eigenvalue weighted by atomic mass is 10.2. The van der Waals surface area contributed by atoms with E-state index in [4.69, 9.17) is 0 Å². The number of rotatable bonds is 4. The molecule has 0 heterocycles. The first kappa shape index (κ1) is 10.6. The number of aryl methyl sites for hydroxylation is 1. The van der Waals surface area contributed by atoms with Crippen LogP contribution in [0, 0.1) is 6.92 Å². The van der Waals surface area contributed by atoms with Gasteiger partial charge >= 0.3 is 0 Å². The van der Waals surface area contributed by atoms with Crippen molar-refractivity contribution in [3.8, 4) is 0 Å². The highest BCUT2D eigenvalue weighted by atomic mass is 14.9. The molecule has 1 nitrogen and oxygen atoms in total. The molecule has 1 heteroatoms. The molecule has 0 aliphatic carbocycles. The van der Waals surface area contributed by atoms with Gasteiger partial charge in [0.1, 0.15) is 0 Å². The van der Waals surface area contributed by atoms with Gasteiger partial charge in [0, 0.05) is 17.8 Å². The molecule has 0 saturated heterocycles. The maximum absolute atomic E-state index is 3.95. The molecule has 0 saturated carbocycles. The van der Waals surface area contributed by atoms with Gasteiger partial charge in [0.15, 0.2) is 0 Å². The Morgan fingerprint density at radius 3 is 2.57 bits per heavy atom. The van der Waals surface area contributed by atoms with Crippen molar-refractivity contribution in [2.45, 2.75) is 20.3 Å². The number of allylic oxidation sites excluding steroid dienone is 2. The smallest absolute Gasteiger partial charge is 0.0381 e. The highest BCUT2D eigenvalue weighted by molar-refractivity contribution is 5.48. The summed E-state index contributed by atoms with van der Waals surface area (Å²) in [6.07, 6.45) is 5.00. The lowest BCUT2D eigenvalue weighted by Crippen LogP contribution is -1.96. The minimum atomic E-state index is 0.879. The van der Waals surface area contributed by atoms with Crippen molar-refractivity contribution < 1.29 is 0 Å². The van der Waals surface area contributed by atoms with Gasteiger partial charge in [-0.3, -0.25) is 0 Å². The highest BCUT2D eigenvalue weighted by Gasteiger charge is 1.92. The summed E-state index contributed by atoms with van der Waals surface area (Å²) in [5.41, 5.74) is 3.40. The van der Waals surface area contributed by atoms with E-state index in [0.29, 0.717) is 0 Å². The Morgan fingerprint density at radius 2 is 2.00 bits per heavy atom. The molecule has 74 valence electrons. The molecule has 1 aromatic carbocycles. The quantitative estimate of drug-likeness (QED) is 0.705. The number of hydrogen-bond donors (Lipinski definition) is 1. The molecule has 0 aliphatic heterocycles. The van der Waals surface area contributed by atoms with Crippen molar-refractivity contribution in [2.75, 3.05) is 5.32 Å². The van der Waals surface area contributed by atoms with E-state index in [1.54, 1.807) is 0 Å². The third-order valence-electron chi connectivity index (χ3n) is 1.97. The second-order valence-electron chi connectivity index (χ2n) is 3.37. The number of anilines is 1. The van der Waals surface area contributed by atoms with E-state index in [2.05, 4.69) is 49.2 Å². The summed E-state index contributed by atoms with van der Waals surface area (Å²) in [6, 6.07) is 8.31. The van der Waals surface area contributed by atoms with Gasteiger partial charge in [0.05, 0.1) is 0 Å². The van der Waals surface area contributed by atoms with E-state index < -0.39 is 0 Å². The van der Waals surface area contributed by atoms with Crippen LogP contribution in [-0.4, -0.2) is 0 Å². The molecule has 0 atom stereocenters. The monoisotopic (exact) mass is 187 g/mol. The molecule has 1 N–H and O–H groups in total. The van der Waals surface area contributed by atoms with Crippen LogP contribution >= 0.6 is 0 Å². The molecule has 0 spiro atoms. The molecule has 1 rings (SSSR count). The van der Waals surface area contributed by atoms with Crippen LogP contribution in [0.5, 0.6) is 0 Å². The first-order valence-corrected chi connectivity index (χ1v) is 4.85. The third kappa shape index (κ3) is 3.48. The van der Waals surface area contributed by atoms with E-state index in [1.165, 1.54) is 5.56 Å². The zero-order valence-corrected chi connectivity index (χ0v) is 8.88. The van der Waals surface area contributed by atoms with Gasteiger partial charge in [-0.15, -0.1) is 0 Å². The maximum atomic E-state index is 3.95. The minimum Gasteiger partial charge on any atom is -0.359 e. The van der Waals surface area contributed by atoms with Gasteiger partial charge in [-0.1, -0.05) is 36.4 Å². The molecule has 1 aromatic rings. The molecular weight excluding hydrogens is 170 g/mol. The van der Waals surface area contributed by atoms with E-state index in [-0.39, 0.29) is 0 Å². The van der Waals surface area contributed by atoms with Crippen LogP contribution in [0.15, 0.2) is 48.7 Å². The van der Waals surface area contributed by atoms with Gasteiger partial charge in [0.25, 0.3) is 0 Å². The fraction of sp³-hybridized carbons (Fsp3) is 0.231. The van der Waals surface area contributed by atoms with Crippen molar-refractivity contribution in [1.82, 2.24) is 0 Å². The van der Waals surface area contributed by atoms with E-state index in [0.717, 1.165) is 17.8 Å². The number of hydrogen-bond acceptors (Lipinski definition) is 1. The standard InChI is InChI=1S/C13H17N/c1-4-5-6-12(3)14-13-9-7-11(2)8-10-13/h4-5,7-10,14H,3,6H2,1-2H3/b5-4-. The summed E-state index contributed by atoms with van der Waals surface area (Å²) in [4.78, 5) is 0. The van der Waals surface area contributed by atoms with Gasteiger partial charge in [-0.2, -0.15) is 0 Å². The molecule has 14 heavy (non-hydrogen) atoms. The molecule has 0 radical (unpaired) electrons. The number of nitrogens with one attached hydrogen (secondary N) is 1. The predicted octanol–water partition coefficient (Wildman–Crippen LogP) is 3.89. The average molecular weight is 187 g/mol. The third-order valence-corrected chi connectivity index (χ3v) is 1.97. The fourth-order valence-electron chi connectivity index (χ4n) is 1.15. The summed E-state index contributed by atoms with van der Waals surface area (Å²) < 4.78 is 0. The van der Waals surface area contributed by atoms with Crippen molar-refractivity contribution in [2.24, 2.45) is 0 Å². The Balaban J connectivity index is 2.52. The summed E-state index contributed by atoms with van der Waals surface area (Å²) in [6.45, 7) is 8.04. The Labute approximate surface area is 86.2 Å². The van der Waals surface area contributed by atoms with Crippen LogP contribution < -0.4 is 5.32 Å². The van der Waals surface area contributed by atoms with Crippen LogP contribution in [0.1, 0.15) is 18.9 Å². The van der Waals surface area contributed by atoms with Crippen molar-refractivity contribution in [3.05, 3.63) is 54.3 Å².